The predicted molar refractivity (Wildman–Crippen MR) is 55.4 cm³/mol. The minimum atomic E-state index is -0.242. The fraction of sp³-hybridized carbons (Fsp3) is 0.500. The zero-order valence-corrected chi connectivity index (χ0v) is 8.79. The van der Waals surface area contributed by atoms with E-state index in [9.17, 15) is 4.39 Å². The number of aliphatic hydroxyl groups excluding tert-OH is 1. The van der Waals surface area contributed by atoms with Crippen molar-refractivity contribution in [2.45, 2.75) is 19.3 Å². The number of benzene rings is 1. The Morgan fingerprint density at radius 1 is 1.47 bits per heavy atom. The van der Waals surface area contributed by atoms with E-state index in [-0.39, 0.29) is 17.8 Å². The third-order valence-electron chi connectivity index (χ3n) is 3.12. The Labute approximate surface area is 88.7 Å². The number of rotatable bonds is 4. The van der Waals surface area contributed by atoms with Crippen LogP contribution >= 0.6 is 0 Å². The van der Waals surface area contributed by atoms with Gasteiger partial charge in [0.15, 0.2) is 0 Å². The SMILES string of the molecule is COc1ccc(CC2(CO)CC2)c(F)c1. The zero-order chi connectivity index (χ0) is 10.9. The molecule has 0 atom stereocenters. The molecule has 0 aromatic heterocycles. The summed E-state index contributed by atoms with van der Waals surface area (Å²) in [7, 11) is 1.52. The van der Waals surface area contributed by atoms with E-state index in [1.165, 1.54) is 13.2 Å². The molecule has 15 heavy (non-hydrogen) atoms. The molecule has 1 fully saturated rings. The minimum absolute atomic E-state index is 0.0462. The first-order chi connectivity index (χ1) is 7.19. The van der Waals surface area contributed by atoms with Gasteiger partial charge >= 0.3 is 0 Å². The van der Waals surface area contributed by atoms with Gasteiger partial charge in [0.25, 0.3) is 0 Å². The zero-order valence-electron chi connectivity index (χ0n) is 8.79. The maximum Gasteiger partial charge on any atom is 0.130 e. The molecule has 1 aromatic rings. The van der Waals surface area contributed by atoms with Crippen molar-refractivity contribution in [2.24, 2.45) is 5.41 Å². The maximum atomic E-state index is 13.6. The van der Waals surface area contributed by atoms with E-state index in [1.807, 2.05) is 0 Å². The summed E-state index contributed by atoms with van der Waals surface area (Å²) in [4.78, 5) is 0. The topological polar surface area (TPSA) is 29.5 Å². The van der Waals surface area contributed by atoms with Crippen molar-refractivity contribution in [3.8, 4) is 5.75 Å². The minimum Gasteiger partial charge on any atom is -0.497 e. The lowest BCUT2D eigenvalue weighted by Gasteiger charge is -2.12. The molecule has 2 rings (SSSR count). The summed E-state index contributed by atoms with van der Waals surface area (Å²) in [5.41, 5.74) is 0.623. The monoisotopic (exact) mass is 210 g/mol. The predicted octanol–water partition coefficient (Wildman–Crippen LogP) is 2.15. The number of halogens is 1. The molecule has 0 radical (unpaired) electrons. The van der Waals surface area contributed by atoms with Gasteiger partial charge in [-0.2, -0.15) is 0 Å². The Kier molecular flexibility index (Phi) is 2.65. The standard InChI is InChI=1S/C12H15FO2/c1-15-10-3-2-9(11(13)6-10)7-12(8-14)4-5-12/h2-3,6,14H,4-5,7-8H2,1H3. The van der Waals surface area contributed by atoms with Crippen LogP contribution in [0.5, 0.6) is 5.75 Å². The molecule has 0 unspecified atom stereocenters. The molecule has 0 aliphatic heterocycles. The third kappa shape index (κ3) is 2.12. The summed E-state index contributed by atoms with van der Waals surface area (Å²) in [6, 6.07) is 4.89. The summed E-state index contributed by atoms with van der Waals surface area (Å²) >= 11 is 0. The number of hydrogen-bond donors (Lipinski definition) is 1. The van der Waals surface area contributed by atoms with E-state index in [4.69, 9.17) is 9.84 Å². The van der Waals surface area contributed by atoms with E-state index in [0.29, 0.717) is 17.7 Å². The molecular formula is C12H15FO2. The van der Waals surface area contributed by atoms with E-state index < -0.39 is 0 Å². The molecule has 1 N–H and O–H groups in total. The van der Waals surface area contributed by atoms with Gasteiger partial charge in [-0.25, -0.2) is 4.39 Å². The van der Waals surface area contributed by atoms with Crippen molar-refractivity contribution < 1.29 is 14.2 Å². The van der Waals surface area contributed by atoms with E-state index in [2.05, 4.69) is 0 Å². The molecule has 1 aromatic carbocycles. The van der Waals surface area contributed by atoms with Gasteiger partial charge in [0, 0.05) is 12.7 Å². The first kappa shape index (κ1) is 10.4. The van der Waals surface area contributed by atoms with Crippen LogP contribution in [0.25, 0.3) is 0 Å². The molecule has 0 saturated heterocycles. The fourth-order valence-electron chi connectivity index (χ4n) is 1.77. The lowest BCUT2D eigenvalue weighted by atomic mass is 9.97. The molecule has 0 amide bonds. The Balaban J connectivity index is 2.15. The average molecular weight is 210 g/mol. The van der Waals surface area contributed by atoms with Crippen LogP contribution in [0.3, 0.4) is 0 Å². The Bertz CT molecular complexity index is 359. The quantitative estimate of drug-likeness (QED) is 0.825. The molecule has 2 nitrogen and oxygen atoms in total. The average Bonchev–Trinajstić information content (AvgIpc) is 3.02. The first-order valence-corrected chi connectivity index (χ1v) is 5.12. The molecule has 1 aliphatic rings. The highest BCUT2D eigenvalue weighted by molar-refractivity contribution is 5.30. The van der Waals surface area contributed by atoms with Gasteiger partial charge in [-0.3, -0.25) is 0 Å². The molecule has 1 saturated carbocycles. The Morgan fingerprint density at radius 2 is 2.20 bits per heavy atom. The van der Waals surface area contributed by atoms with Gasteiger partial charge in [0.1, 0.15) is 11.6 Å². The second-order valence-corrected chi connectivity index (χ2v) is 4.29. The summed E-state index contributed by atoms with van der Waals surface area (Å²) < 4.78 is 18.5. The first-order valence-electron chi connectivity index (χ1n) is 5.12. The van der Waals surface area contributed by atoms with Crippen molar-refractivity contribution in [1.29, 1.82) is 0 Å². The van der Waals surface area contributed by atoms with Gasteiger partial charge < -0.3 is 9.84 Å². The van der Waals surface area contributed by atoms with Crippen molar-refractivity contribution >= 4 is 0 Å². The highest BCUT2D eigenvalue weighted by atomic mass is 19.1. The van der Waals surface area contributed by atoms with Crippen LogP contribution < -0.4 is 4.74 Å². The molecular weight excluding hydrogens is 195 g/mol. The normalized spacial score (nSPS) is 17.5. The van der Waals surface area contributed by atoms with Crippen molar-refractivity contribution in [3.63, 3.8) is 0 Å². The van der Waals surface area contributed by atoms with E-state index >= 15 is 0 Å². The van der Waals surface area contributed by atoms with Gasteiger partial charge in [-0.1, -0.05) is 6.07 Å². The molecule has 0 bridgehead atoms. The number of ether oxygens (including phenoxy) is 1. The van der Waals surface area contributed by atoms with Crippen molar-refractivity contribution in [3.05, 3.63) is 29.6 Å². The summed E-state index contributed by atoms with van der Waals surface area (Å²) in [5.74, 6) is 0.291. The van der Waals surface area contributed by atoms with Crippen LogP contribution in [-0.4, -0.2) is 18.8 Å². The summed E-state index contributed by atoms with van der Waals surface area (Å²) in [6.07, 6.45) is 2.61. The second-order valence-electron chi connectivity index (χ2n) is 4.29. The number of methoxy groups -OCH3 is 1. The fourth-order valence-corrected chi connectivity index (χ4v) is 1.77. The van der Waals surface area contributed by atoms with Gasteiger partial charge in [0.05, 0.1) is 7.11 Å². The van der Waals surface area contributed by atoms with E-state index in [1.54, 1.807) is 12.1 Å². The second kappa shape index (κ2) is 3.81. The molecule has 82 valence electrons. The van der Waals surface area contributed by atoms with Gasteiger partial charge in [-0.05, 0) is 36.3 Å². The summed E-state index contributed by atoms with van der Waals surface area (Å²) in [5, 5.41) is 9.16. The smallest absolute Gasteiger partial charge is 0.130 e. The molecule has 1 aliphatic carbocycles. The maximum absolute atomic E-state index is 13.6. The number of hydrogen-bond acceptors (Lipinski definition) is 2. The van der Waals surface area contributed by atoms with Crippen LogP contribution in [0.15, 0.2) is 18.2 Å². The Morgan fingerprint density at radius 3 is 2.67 bits per heavy atom. The van der Waals surface area contributed by atoms with Crippen LogP contribution in [0.2, 0.25) is 0 Å². The molecule has 0 heterocycles. The van der Waals surface area contributed by atoms with Crippen molar-refractivity contribution in [1.82, 2.24) is 0 Å². The molecule has 0 spiro atoms. The largest absolute Gasteiger partial charge is 0.497 e. The van der Waals surface area contributed by atoms with Crippen LogP contribution in [0.1, 0.15) is 18.4 Å². The van der Waals surface area contributed by atoms with E-state index in [0.717, 1.165) is 12.8 Å². The Hall–Kier alpha value is -1.09. The lowest BCUT2D eigenvalue weighted by Crippen LogP contribution is -2.11. The van der Waals surface area contributed by atoms with Crippen LogP contribution in [-0.2, 0) is 6.42 Å². The van der Waals surface area contributed by atoms with Crippen LogP contribution in [0.4, 0.5) is 4.39 Å². The van der Waals surface area contributed by atoms with Crippen molar-refractivity contribution in [2.75, 3.05) is 13.7 Å². The highest BCUT2D eigenvalue weighted by Crippen LogP contribution is 2.48. The van der Waals surface area contributed by atoms with Gasteiger partial charge in [-0.15, -0.1) is 0 Å². The van der Waals surface area contributed by atoms with Crippen LogP contribution in [0, 0.1) is 11.2 Å². The number of aliphatic hydroxyl groups is 1. The summed E-state index contributed by atoms with van der Waals surface area (Å²) in [6.45, 7) is 0.151. The van der Waals surface area contributed by atoms with Gasteiger partial charge in [0.2, 0.25) is 0 Å². The molecule has 3 heteroatoms. The third-order valence-corrected chi connectivity index (χ3v) is 3.12. The lowest BCUT2D eigenvalue weighted by molar-refractivity contribution is 0.210. The highest BCUT2D eigenvalue weighted by Gasteiger charge is 2.42.